The highest BCUT2D eigenvalue weighted by atomic mass is 16.3. The van der Waals surface area contributed by atoms with Crippen molar-refractivity contribution in [1.29, 1.82) is 0 Å². The Morgan fingerprint density at radius 1 is 0.556 bits per heavy atom. The molecule has 0 spiro atoms. The number of amides is 2. The molecule has 2 saturated heterocycles. The van der Waals surface area contributed by atoms with Crippen molar-refractivity contribution in [1.82, 2.24) is 29.7 Å². The molecule has 4 N–H and O–H groups in total. The van der Waals surface area contributed by atoms with E-state index in [2.05, 4.69) is 58.5 Å². The number of benzene rings is 5. The summed E-state index contributed by atoms with van der Waals surface area (Å²) in [4.78, 5) is 46.9. The van der Waals surface area contributed by atoms with E-state index >= 15 is 0 Å². The number of aromatic amines is 2. The molecule has 0 unspecified atom stereocenters. The van der Waals surface area contributed by atoms with Crippen molar-refractivity contribution in [2.24, 2.45) is 0 Å². The summed E-state index contributed by atoms with van der Waals surface area (Å²) < 4.78 is 0. The van der Waals surface area contributed by atoms with E-state index in [1.807, 2.05) is 48.5 Å². The highest BCUT2D eigenvalue weighted by Crippen LogP contribution is 2.37. The van der Waals surface area contributed by atoms with Gasteiger partial charge in [0, 0.05) is 13.1 Å². The predicted octanol–water partition coefficient (Wildman–Crippen LogP) is 7.57. The third kappa shape index (κ3) is 6.23. The molecule has 4 heterocycles. The van der Waals surface area contributed by atoms with E-state index < -0.39 is 12.2 Å². The quantitative estimate of drug-likeness (QED) is 0.128. The number of imidazole rings is 2. The first-order valence-electron chi connectivity index (χ1n) is 18.6. The van der Waals surface area contributed by atoms with Crippen molar-refractivity contribution < 1.29 is 19.8 Å². The maximum atomic E-state index is 13.3. The van der Waals surface area contributed by atoms with E-state index in [0.29, 0.717) is 24.2 Å². The van der Waals surface area contributed by atoms with Gasteiger partial charge in [0.15, 0.2) is 12.2 Å². The summed E-state index contributed by atoms with van der Waals surface area (Å²) >= 11 is 0. The molecule has 54 heavy (non-hydrogen) atoms. The third-order valence-electron chi connectivity index (χ3n) is 11.0. The summed E-state index contributed by atoms with van der Waals surface area (Å²) in [6, 6.07) is 38.4. The van der Waals surface area contributed by atoms with Crippen LogP contribution in [0.1, 0.15) is 72.8 Å². The first-order chi connectivity index (χ1) is 26.4. The van der Waals surface area contributed by atoms with Crippen LogP contribution in [0.3, 0.4) is 0 Å². The van der Waals surface area contributed by atoms with Crippen LogP contribution in [-0.4, -0.2) is 64.9 Å². The number of nitrogens with zero attached hydrogens (tertiary/aromatic N) is 4. The number of hydrogen-bond acceptors (Lipinski definition) is 6. The van der Waals surface area contributed by atoms with Crippen LogP contribution < -0.4 is 0 Å². The number of aromatic nitrogens is 4. The van der Waals surface area contributed by atoms with Gasteiger partial charge in [0.25, 0.3) is 11.8 Å². The summed E-state index contributed by atoms with van der Waals surface area (Å²) in [6.45, 7) is 1.16. The molecule has 9 rings (SSSR count). The van der Waals surface area contributed by atoms with Crippen molar-refractivity contribution in [2.75, 3.05) is 13.1 Å². The molecule has 2 aliphatic heterocycles. The van der Waals surface area contributed by atoms with Crippen LogP contribution in [0.25, 0.3) is 44.3 Å². The van der Waals surface area contributed by atoms with Crippen molar-refractivity contribution >= 4 is 33.9 Å². The van der Waals surface area contributed by atoms with Crippen LogP contribution in [0, 0.1) is 0 Å². The molecule has 0 aliphatic carbocycles. The lowest BCUT2D eigenvalue weighted by Crippen LogP contribution is -2.35. The van der Waals surface area contributed by atoms with Crippen LogP contribution in [0.2, 0.25) is 0 Å². The third-order valence-corrected chi connectivity index (χ3v) is 11.0. The lowest BCUT2D eigenvalue weighted by Gasteiger charge is -2.25. The van der Waals surface area contributed by atoms with E-state index in [4.69, 9.17) is 9.97 Å². The van der Waals surface area contributed by atoms with Crippen molar-refractivity contribution in [3.8, 4) is 22.3 Å². The number of H-pyrrole nitrogens is 2. The molecule has 0 bridgehead atoms. The number of aliphatic hydroxyl groups is 2. The lowest BCUT2D eigenvalue weighted by atomic mass is 10.00. The van der Waals surface area contributed by atoms with Gasteiger partial charge < -0.3 is 30.0 Å². The first kappa shape index (κ1) is 33.7. The van der Waals surface area contributed by atoms with Gasteiger partial charge in [0.05, 0.1) is 34.2 Å². The molecule has 270 valence electrons. The zero-order valence-corrected chi connectivity index (χ0v) is 29.6. The number of aliphatic hydroxyl groups excluding tert-OH is 2. The fourth-order valence-corrected chi connectivity index (χ4v) is 8.09. The summed E-state index contributed by atoms with van der Waals surface area (Å²) in [5, 5.41) is 21.6. The number of fused-ring (bicyclic) bond motifs is 2. The highest BCUT2D eigenvalue weighted by molar-refractivity contribution is 5.86. The van der Waals surface area contributed by atoms with Crippen LogP contribution in [0.5, 0.6) is 0 Å². The van der Waals surface area contributed by atoms with E-state index in [-0.39, 0.29) is 23.9 Å². The number of hydrogen-bond donors (Lipinski definition) is 4. The van der Waals surface area contributed by atoms with E-state index in [0.717, 1.165) is 81.7 Å². The van der Waals surface area contributed by atoms with Gasteiger partial charge in [-0.05, 0) is 83.3 Å². The second-order valence-corrected chi connectivity index (χ2v) is 14.3. The Kier molecular flexibility index (Phi) is 8.76. The summed E-state index contributed by atoms with van der Waals surface area (Å²) in [5.74, 6) is 0.865. The molecular formula is C44H40N6O4. The van der Waals surface area contributed by atoms with Crippen LogP contribution >= 0.6 is 0 Å². The fraction of sp³-hybridized carbons (Fsp3) is 0.227. The average Bonchev–Trinajstić information content (AvgIpc) is 4.05. The Bertz CT molecular complexity index is 2290. The van der Waals surface area contributed by atoms with E-state index in [1.54, 1.807) is 34.1 Å². The largest absolute Gasteiger partial charge is 0.378 e. The molecule has 4 atom stereocenters. The SMILES string of the molecule is O=C([C@H](O)c1ccccc1)N1CCC[C@@H]1c1nc2ccc(-c3ccc(-c4ccc5nc([C@@H]6CCCN6C(=O)[C@H](O)c6ccccc6)[nH]c5c4)cc3)cc2[nH]1. The molecular weight excluding hydrogens is 677 g/mol. The zero-order chi connectivity index (χ0) is 36.8. The Balaban J connectivity index is 0.909. The second kappa shape index (κ2) is 14.0. The number of carbonyl (C=O) groups excluding carboxylic acids is 2. The van der Waals surface area contributed by atoms with E-state index in [9.17, 15) is 19.8 Å². The number of nitrogens with one attached hydrogen (secondary N) is 2. The molecule has 5 aromatic carbocycles. The monoisotopic (exact) mass is 716 g/mol. The van der Waals surface area contributed by atoms with Gasteiger partial charge in [-0.2, -0.15) is 0 Å². The van der Waals surface area contributed by atoms with Crippen molar-refractivity contribution in [3.05, 3.63) is 144 Å². The smallest absolute Gasteiger partial charge is 0.256 e. The van der Waals surface area contributed by atoms with Crippen LogP contribution in [0.15, 0.2) is 121 Å². The number of rotatable bonds is 8. The first-order valence-corrected chi connectivity index (χ1v) is 18.6. The van der Waals surface area contributed by atoms with Gasteiger partial charge in [-0.3, -0.25) is 9.59 Å². The molecule has 2 amide bonds. The van der Waals surface area contributed by atoms with Gasteiger partial charge >= 0.3 is 0 Å². The van der Waals surface area contributed by atoms with Gasteiger partial charge in [-0.25, -0.2) is 9.97 Å². The molecule has 2 aromatic heterocycles. The van der Waals surface area contributed by atoms with Gasteiger partial charge in [0.1, 0.15) is 11.6 Å². The van der Waals surface area contributed by atoms with Crippen molar-refractivity contribution in [2.45, 2.75) is 50.0 Å². The summed E-state index contributed by atoms with van der Waals surface area (Å²) in [7, 11) is 0. The fourth-order valence-electron chi connectivity index (χ4n) is 8.09. The number of carbonyl (C=O) groups is 2. The van der Waals surface area contributed by atoms with Crippen LogP contribution in [0.4, 0.5) is 0 Å². The Labute approximate surface area is 312 Å². The summed E-state index contributed by atoms with van der Waals surface area (Å²) in [5.41, 5.74) is 8.85. The standard InChI is InChI=1S/C44H40N6O4/c51-39(29-9-3-1-4-10-29)43(53)49-23-7-13-37(49)41-45-33-21-19-31(25-35(33)47-41)27-15-17-28(18-16-27)32-20-22-34-36(26-32)48-42(46-34)38-14-8-24-50(38)44(54)40(52)30-11-5-2-6-12-30/h1-6,9-12,15-22,25-26,37-40,51-52H,7-8,13-14,23-24H2,(H,45,47)(H,46,48)/t37-,38+,39-,40-/m1/s1. The maximum absolute atomic E-state index is 13.3. The van der Waals surface area contributed by atoms with Crippen LogP contribution in [-0.2, 0) is 9.59 Å². The molecule has 2 aliphatic rings. The normalized spacial score (nSPS) is 18.4. The molecule has 7 aromatic rings. The average molecular weight is 717 g/mol. The minimum absolute atomic E-state index is 0.221. The number of likely N-dealkylation sites (tertiary alicyclic amines) is 2. The molecule has 0 saturated carbocycles. The van der Waals surface area contributed by atoms with Gasteiger partial charge in [-0.1, -0.05) is 97.1 Å². The maximum Gasteiger partial charge on any atom is 0.256 e. The predicted molar refractivity (Wildman–Crippen MR) is 207 cm³/mol. The minimum atomic E-state index is -1.20. The molecule has 10 nitrogen and oxygen atoms in total. The highest BCUT2D eigenvalue weighted by Gasteiger charge is 2.37. The second-order valence-electron chi connectivity index (χ2n) is 14.3. The zero-order valence-electron chi connectivity index (χ0n) is 29.6. The van der Waals surface area contributed by atoms with Crippen molar-refractivity contribution in [3.63, 3.8) is 0 Å². The molecule has 0 radical (unpaired) electrons. The molecule has 10 heteroatoms. The Hall–Kier alpha value is -6.10. The topological polar surface area (TPSA) is 138 Å². The Morgan fingerprint density at radius 3 is 1.35 bits per heavy atom. The van der Waals surface area contributed by atoms with E-state index in [1.165, 1.54) is 0 Å². The van der Waals surface area contributed by atoms with Gasteiger partial charge in [-0.15, -0.1) is 0 Å². The minimum Gasteiger partial charge on any atom is -0.378 e. The molecule has 2 fully saturated rings. The Morgan fingerprint density at radius 2 is 0.944 bits per heavy atom. The lowest BCUT2D eigenvalue weighted by molar-refractivity contribution is -0.142. The van der Waals surface area contributed by atoms with Gasteiger partial charge in [0.2, 0.25) is 0 Å². The summed E-state index contributed by atoms with van der Waals surface area (Å²) in [6.07, 6.45) is 0.856.